The summed E-state index contributed by atoms with van der Waals surface area (Å²) in [6.07, 6.45) is 3.22. The molecule has 0 radical (unpaired) electrons. The van der Waals surface area contributed by atoms with Gasteiger partial charge in [0.15, 0.2) is 0 Å². The Bertz CT molecular complexity index is 397. The number of non-ortho nitro benzene ring substituents is 1. The van der Waals surface area contributed by atoms with Crippen LogP contribution in [0.25, 0.3) is 0 Å². The van der Waals surface area contributed by atoms with E-state index in [4.69, 9.17) is 4.74 Å². The molecular formula is C12H15NO3. The van der Waals surface area contributed by atoms with Gasteiger partial charge in [-0.1, -0.05) is 6.07 Å². The Morgan fingerprint density at radius 3 is 2.88 bits per heavy atom. The number of ether oxygens (including phenoxy) is 1. The third-order valence-electron chi connectivity index (χ3n) is 3.00. The third-order valence-corrected chi connectivity index (χ3v) is 3.00. The first-order chi connectivity index (χ1) is 7.68. The summed E-state index contributed by atoms with van der Waals surface area (Å²) >= 11 is 0. The number of hydrogen-bond donors (Lipinski definition) is 0. The normalized spacial score (nSPS) is 20.7. The minimum absolute atomic E-state index is 0.0358. The Morgan fingerprint density at radius 2 is 2.25 bits per heavy atom. The summed E-state index contributed by atoms with van der Waals surface area (Å²) in [4.78, 5) is 10.4. The standard InChI is InChI=1S/C12H15NO3/c1-9-5-6-10(13(14)15)8-11(9)12-4-2-3-7-16-12/h5-6,8,12H,2-4,7H2,1H3. The van der Waals surface area contributed by atoms with E-state index in [0.717, 1.165) is 37.0 Å². The summed E-state index contributed by atoms with van der Waals surface area (Å²) in [7, 11) is 0. The van der Waals surface area contributed by atoms with Crippen LogP contribution < -0.4 is 0 Å². The molecule has 1 saturated heterocycles. The van der Waals surface area contributed by atoms with Crippen molar-refractivity contribution >= 4 is 5.69 Å². The molecule has 16 heavy (non-hydrogen) atoms. The van der Waals surface area contributed by atoms with Gasteiger partial charge in [0.25, 0.3) is 5.69 Å². The van der Waals surface area contributed by atoms with Crippen molar-refractivity contribution in [3.05, 3.63) is 39.4 Å². The molecular weight excluding hydrogens is 206 g/mol. The summed E-state index contributed by atoms with van der Waals surface area (Å²) in [5.74, 6) is 0. The van der Waals surface area contributed by atoms with E-state index in [-0.39, 0.29) is 16.7 Å². The van der Waals surface area contributed by atoms with E-state index in [0.29, 0.717) is 0 Å². The van der Waals surface area contributed by atoms with Gasteiger partial charge >= 0.3 is 0 Å². The van der Waals surface area contributed by atoms with E-state index in [1.54, 1.807) is 18.2 Å². The molecule has 86 valence electrons. The van der Waals surface area contributed by atoms with Crippen molar-refractivity contribution in [2.45, 2.75) is 32.3 Å². The first-order valence-electron chi connectivity index (χ1n) is 5.55. The van der Waals surface area contributed by atoms with Crippen LogP contribution in [0.4, 0.5) is 5.69 Å². The van der Waals surface area contributed by atoms with Crippen LogP contribution in [0.5, 0.6) is 0 Å². The molecule has 2 rings (SSSR count). The van der Waals surface area contributed by atoms with Gasteiger partial charge in [-0.3, -0.25) is 10.1 Å². The van der Waals surface area contributed by atoms with Crippen LogP contribution in [-0.4, -0.2) is 11.5 Å². The lowest BCUT2D eigenvalue weighted by Crippen LogP contribution is -2.12. The molecule has 1 aliphatic rings. The van der Waals surface area contributed by atoms with Crippen LogP contribution >= 0.6 is 0 Å². The maximum absolute atomic E-state index is 10.7. The van der Waals surface area contributed by atoms with Crippen LogP contribution in [0.2, 0.25) is 0 Å². The summed E-state index contributed by atoms with van der Waals surface area (Å²) in [5, 5.41) is 10.7. The predicted octanol–water partition coefficient (Wildman–Crippen LogP) is 3.14. The molecule has 4 nitrogen and oxygen atoms in total. The lowest BCUT2D eigenvalue weighted by Gasteiger charge is -2.24. The highest BCUT2D eigenvalue weighted by molar-refractivity contribution is 5.40. The van der Waals surface area contributed by atoms with Gasteiger partial charge in [0.05, 0.1) is 11.0 Å². The summed E-state index contributed by atoms with van der Waals surface area (Å²) in [6, 6.07) is 4.98. The number of aryl methyl sites for hydroxylation is 1. The maximum Gasteiger partial charge on any atom is 0.269 e. The first kappa shape index (κ1) is 11.1. The average Bonchev–Trinajstić information content (AvgIpc) is 2.30. The van der Waals surface area contributed by atoms with Crippen LogP contribution in [0.1, 0.15) is 36.5 Å². The number of rotatable bonds is 2. The lowest BCUT2D eigenvalue weighted by atomic mass is 9.97. The molecule has 1 aliphatic heterocycles. The van der Waals surface area contributed by atoms with Crippen molar-refractivity contribution in [3.8, 4) is 0 Å². The molecule has 1 fully saturated rings. The van der Waals surface area contributed by atoms with Crippen LogP contribution in [0.3, 0.4) is 0 Å². The molecule has 0 aliphatic carbocycles. The first-order valence-corrected chi connectivity index (χ1v) is 5.55. The molecule has 0 spiro atoms. The minimum Gasteiger partial charge on any atom is -0.374 e. The molecule has 1 unspecified atom stereocenters. The fourth-order valence-corrected chi connectivity index (χ4v) is 2.07. The second-order valence-electron chi connectivity index (χ2n) is 4.15. The molecule has 0 saturated carbocycles. The topological polar surface area (TPSA) is 52.4 Å². The fourth-order valence-electron chi connectivity index (χ4n) is 2.07. The zero-order chi connectivity index (χ0) is 11.5. The van der Waals surface area contributed by atoms with Crippen molar-refractivity contribution in [3.63, 3.8) is 0 Å². The highest BCUT2D eigenvalue weighted by atomic mass is 16.6. The second kappa shape index (κ2) is 4.61. The molecule has 1 atom stereocenters. The van der Waals surface area contributed by atoms with E-state index in [2.05, 4.69) is 0 Å². The van der Waals surface area contributed by atoms with E-state index < -0.39 is 0 Å². The maximum atomic E-state index is 10.7. The highest BCUT2D eigenvalue weighted by Gasteiger charge is 2.20. The molecule has 0 aromatic heterocycles. The van der Waals surface area contributed by atoms with Crippen LogP contribution in [0, 0.1) is 17.0 Å². The van der Waals surface area contributed by atoms with E-state index in [9.17, 15) is 10.1 Å². The van der Waals surface area contributed by atoms with E-state index >= 15 is 0 Å². The molecule has 1 aromatic carbocycles. The Labute approximate surface area is 94.4 Å². The van der Waals surface area contributed by atoms with Gasteiger partial charge < -0.3 is 4.74 Å². The number of benzene rings is 1. The molecule has 4 heteroatoms. The number of nitro benzene ring substituents is 1. The average molecular weight is 221 g/mol. The Hall–Kier alpha value is -1.42. The van der Waals surface area contributed by atoms with Crippen molar-refractivity contribution in [2.24, 2.45) is 0 Å². The molecule has 1 heterocycles. The minimum atomic E-state index is -0.355. The van der Waals surface area contributed by atoms with Gasteiger partial charge in [0, 0.05) is 18.7 Å². The van der Waals surface area contributed by atoms with Crippen LogP contribution in [-0.2, 0) is 4.74 Å². The molecule has 0 bridgehead atoms. The number of hydrogen-bond acceptors (Lipinski definition) is 3. The van der Waals surface area contributed by atoms with E-state index in [1.807, 2.05) is 6.92 Å². The summed E-state index contributed by atoms with van der Waals surface area (Å²) < 4.78 is 5.66. The Kier molecular flexibility index (Phi) is 3.19. The van der Waals surface area contributed by atoms with Crippen LogP contribution in [0.15, 0.2) is 18.2 Å². The van der Waals surface area contributed by atoms with Crippen molar-refractivity contribution in [2.75, 3.05) is 6.61 Å². The van der Waals surface area contributed by atoms with Gasteiger partial charge in [-0.25, -0.2) is 0 Å². The fraction of sp³-hybridized carbons (Fsp3) is 0.500. The number of nitrogens with zero attached hydrogens (tertiary/aromatic N) is 1. The van der Waals surface area contributed by atoms with E-state index in [1.165, 1.54) is 0 Å². The third kappa shape index (κ3) is 2.22. The van der Waals surface area contributed by atoms with Crippen molar-refractivity contribution in [1.82, 2.24) is 0 Å². The van der Waals surface area contributed by atoms with Crippen molar-refractivity contribution in [1.29, 1.82) is 0 Å². The monoisotopic (exact) mass is 221 g/mol. The quantitative estimate of drug-likeness (QED) is 0.569. The highest BCUT2D eigenvalue weighted by Crippen LogP contribution is 2.31. The Balaban J connectivity index is 2.30. The van der Waals surface area contributed by atoms with Gasteiger partial charge in [0.1, 0.15) is 0 Å². The molecule has 0 amide bonds. The SMILES string of the molecule is Cc1ccc([N+](=O)[O-])cc1C1CCCCO1. The lowest BCUT2D eigenvalue weighted by molar-refractivity contribution is -0.385. The predicted molar refractivity (Wildman–Crippen MR) is 60.4 cm³/mol. The second-order valence-corrected chi connectivity index (χ2v) is 4.15. The smallest absolute Gasteiger partial charge is 0.269 e. The van der Waals surface area contributed by atoms with Gasteiger partial charge in [-0.05, 0) is 37.3 Å². The summed E-state index contributed by atoms with van der Waals surface area (Å²) in [5.41, 5.74) is 2.18. The zero-order valence-electron chi connectivity index (χ0n) is 9.31. The van der Waals surface area contributed by atoms with Gasteiger partial charge in [0.2, 0.25) is 0 Å². The summed E-state index contributed by atoms with van der Waals surface area (Å²) in [6.45, 7) is 2.73. The zero-order valence-corrected chi connectivity index (χ0v) is 9.31. The molecule has 1 aromatic rings. The largest absolute Gasteiger partial charge is 0.374 e. The Morgan fingerprint density at radius 1 is 1.44 bits per heavy atom. The van der Waals surface area contributed by atoms with Gasteiger partial charge in [-0.15, -0.1) is 0 Å². The van der Waals surface area contributed by atoms with Gasteiger partial charge in [-0.2, -0.15) is 0 Å². The number of nitro groups is 1. The molecule has 0 N–H and O–H groups in total. The van der Waals surface area contributed by atoms with Crippen molar-refractivity contribution < 1.29 is 9.66 Å².